The Labute approximate surface area is 125 Å². The molecule has 1 aromatic heterocycles. The molecule has 0 amide bonds. The molecule has 1 aliphatic heterocycles. The number of hydrogen-bond acceptors (Lipinski definition) is 5. The van der Waals surface area contributed by atoms with Gasteiger partial charge in [-0.05, 0) is 50.3 Å². The van der Waals surface area contributed by atoms with Crippen LogP contribution in [0, 0.1) is 5.92 Å². The molecule has 0 radical (unpaired) electrons. The molecule has 0 bridgehead atoms. The van der Waals surface area contributed by atoms with Gasteiger partial charge >= 0.3 is 0 Å². The van der Waals surface area contributed by atoms with Gasteiger partial charge in [0.2, 0.25) is 10.0 Å². The standard InChI is InChI=1S/C13H23N3O2S2/c1-15-6-3-11(4-7-15)10-16(2)20(17,18)13-5-8-19-12(13)9-14/h5,8,11H,3-4,6-7,9-10,14H2,1-2H3. The molecule has 1 aromatic rings. The zero-order valence-electron chi connectivity index (χ0n) is 12.1. The third-order valence-corrected chi connectivity index (χ3v) is 6.91. The Morgan fingerprint density at radius 2 is 2.10 bits per heavy atom. The summed E-state index contributed by atoms with van der Waals surface area (Å²) in [6.45, 7) is 2.96. The maximum absolute atomic E-state index is 12.6. The van der Waals surface area contributed by atoms with Crippen molar-refractivity contribution in [1.82, 2.24) is 9.21 Å². The SMILES string of the molecule is CN1CCC(CN(C)S(=O)(=O)c2ccsc2CN)CC1. The van der Waals surface area contributed by atoms with Crippen molar-refractivity contribution in [3.05, 3.63) is 16.3 Å². The van der Waals surface area contributed by atoms with Crippen molar-refractivity contribution in [3.63, 3.8) is 0 Å². The first kappa shape index (κ1) is 15.9. The highest BCUT2D eigenvalue weighted by molar-refractivity contribution is 7.89. The van der Waals surface area contributed by atoms with Crippen LogP contribution in [0.15, 0.2) is 16.3 Å². The number of likely N-dealkylation sites (tertiary alicyclic amines) is 1. The number of hydrogen-bond donors (Lipinski definition) is 1. The lowest BCUT2D eigenvalue weighted by Crippen LogP contribution is -2.38. The zero-order chi connectivity index (χ0) is 14.8. The van der Waals surface area contributed by atoms with E-state index in [1.807, 2.05) is 0 Å². The molecular weight excluding hydrogens is 294 g/mol. The second-order valence-corrected chi connectivity index (χ2v) is 8.46. The van der Waals surface area contributed by atoms with Gasteiger partial charge in [-0.1, -0.05) is 0 Å². The molecule has 2 N–H and O–H groups in total. The largest absolute Gasteiger partial charge is 0.326 e. The van der Waals surface area contributed by atoms with Gasteiger partial charge in [-0.3, -0.25) is 0 Å². The molecule has 2 rings (SSSR count). The monoisotopic (exact) mass is 317 g/mol. The smallest absolute Gasteiger partial charge is 0.243 e. The second-order valence-electron chi connectivity index (χ2n) is 5.44. The van der Waals surface area contributed by atoms with Gasteiger partial charge in [0, 0.05) is 25.0 Å². The fraction of sp³-hybridized carbons (Fsp3) is 0.692. The van der Waals surface area contributed by atoms with Crippen molar-refractivity contribution in [2.75, 3.05) is 33.7 Å². The minimum Gasteiger partial charge on any atom is -0.326 e. The number of nitrogens with zero attached hydrogens (tertiary/aromatic N) is 2. The van der Waals surface area contributed by atoms with Crippen LogP contribution >= 0.6 is 11.3 Å². The Morgan fingerprint density at radius 3 is 2.70 bits per heavy atom. The number of piperidine rings is 1. The molecule has 20 heavy (non-hydrogen) atoms. The van der Waals surface area contributed by atoms with Crippen LogP contribution in [0.2, 0.25) is 0 Å². The summed E-state index contributed by atoms with van der Waals surface area (Å²) in [6.07, 6.45) is 2.12. The molecule has 114 valence electrons. The molecule has 0 atom stereocenters. The van der Waals surface area contributed by atoms with Crippen molar-refractivity contribution in [2.45, 2.75) is 24.3 Å². The van der Waals surface area contributed by atoms with Crippen molar-refractivity contribution in [1.29, 1.82) is 0 Å². The van der Waals surface area contributed by atoms with Crippen molar-refractivity contribution in [2.24, 2.45) is 11.7 Å². The summed E-state index contributed by atoms with van der Waals surface area (Å²) in [5.74, 6) is 0.450. The topological polar surface area (TPSA) is 66.6 Å². The molecule has 0 aliphatic carbocycles. The summed E-state index contributed by atoms with van der Waals surface area (Å²) in [6, 6.07) is 1.66. The number of rotatable bonds is 5. The predicted molar refractivity (Wildman–Crippen MR) is 82.2 cm³/mol. The van der Waals surface area contributed by atoms with Crippen molar-refractivity contribution >= 4 is 21.4 Å². The van der Waals surface area contributed by atoms with Gasteiger partial charge in [-0.25, -0.2) is 12.7 Å². The zero-order valence-corrected chi connectivity index (χ0v) is 13.7. The van der Waals surface area contributed by atoms with Crippen LogP contribution in [0.3, 0.4) is 0 Å². The number of nitrogens with two attached hydrogens (primary N) is 1. The highest BCUT2D eigenvalue weighted by atomic mass is 32.2. The van der Waals surface area contributed by atoms with E-state index in [0.717, 1.165) is 30.8 Å². The van der Waals surface area contributed by atoms with Gasteiger partial charge in [-0.15, -0.1) is 11.3 Å². The fourth-order valence-corrected chi connectivity index (χ4v) is 5.13. The minimum absolute atomic E-state index is 0.272. The third kappa shape index (κ3) is 3.40. The maximum atomic E-state index is 12.6. The first-order valence-corrected chi connectivity index (χ1v) is 9.18. The highest BCUT2D eigenvalue weighted by Gasteiger charge is 2.27. The quantitative estimate of drug-likeness (QED) is 0.885. The van der Waals surface area contributed by atoms with Gasteiger partial charge < -0.3 is 10.6 Å². The minimum atomic E-state index is -3.40. The molecule has 1 aliphatic rings. The maximum Gasteiger partial charge on any atom is 0.243 e. The van der Waals surface area contributed by atoms with Crippen molar-refractivity contribution in [3.8, 4) is 0 Å². The van der Waals surface area contributed by atoms with E-state index in [0.29, 0.717) is 17.4 Å². The lowest BCUT2D eigenvalue weighted by Gasteiger charge is -2.31. The Balaban J connectivity index is 2.06. The van der Waals surface area contributed by atoms with E-state index in [9.17, 15) is 8.42 Å². The van der Waals surface area contributed by atoms with Crippen LogP contribution in [0.5, 0.6) is 0 Å². The van der Waals surface area contributed by atoms with Crippen LogP contribution in [0.1, 0.15) is 17.7 Å². The highest BCUT2D eigenvalue weighted by Crippen LogP contribution is 2.26. The molecule has 1 fully saturated rings. The van der Waals surface area contributed by atoms with Gasteiger partial charge in [0.15, 0.2) is 0 Å². The molecule has 0 aromatic carbocycles. The first-order chi connectivity index (χ1) is 9.45. The summed E-state index contributed by atoms with van der Waals surface area (Å²) >= 11 is 1.40. The molecule has 5 nitrogen and oxygen atoms in total. The Morgan fingerprint density at radius 1 is 1.45 bits per heavy atom. The van der Waals surface area contributed by atoms with E-state index in [4.69, 9.17) is 5.73 Å². The summed E-state index contributed by atoms with van der Waals surface area (Å²) in [5.41, 5.74) is 5.61. The molecule has 0 spiro atoms. The summed E-state index contributed by atoms with van der Waals surface area (Å²) in [4.78, 5) is 3.40. The van der Waals surface area contributed by atoms with Crippen LogP contribution in [-0.2, 0) is 16.6 Å². The Kier molecular flexibility index (Phi) is 5.19. The fourth-order valence-electron chi connectivity index (χ4n) is 2.58. The summed E-state index contributed by atoms with van der Waals surface area (Å²) in [7, 11) is 0.378. The molecule has 2 heterocycles. The van der Waals surface area contributed by atoms with E-state index in [2.05, 4.69) is 11.9 Å². The third-order valence-electron chi connectivity index (χ3n) is 3.93. The molecule has 1 saturated heterocycles. The van der Waals surface area contributed by atoms with Gasteiger partial charge in [-0.2, -0.15) is 0 Å². The normalized spacial score (nSPS) is 18.8. The lowest BCUT2D eigenvalue weighted by molar-refractivity contribution is 0.202. The number of sulfonamides is 1. The van der Waals surface area contributed by atoms with E-state index in [1.165, 1.54) is 15.6 Å². The summed E-state index contributed by atoms with van der Waals surface area (Å²) in [5, 5.41) is 1.79. The van der Waals surface area contributed by atoms with Crippen LogP contribution in [0.4, 0.5) is 0 Å². The van der Waals surface area contributed by atoms with E-state index >= 15 is 0 Å². The second kappa shape index (κ2) is 6.53. The molecule has 7 heteroatoms. The lowest BCUT2D eigenvalue weighted by atomic mass is 9.97. The first-order valence-electron chi connectivity index (χ1n) is 6.86. The van der Waals surface area contributed by atoms with Crippen LogP contribution < -0.4 is 5.73 Å². The van der Waals surface area contributed by atoms with E-state index in [1.54, 1.807) is 18.5 Å². The van der Waals surface area contributed by atoms with Crippen LogP contribution in [0.25, 0.3) is 0 Å². The average molecular weight is 317 g/mol. The molecule has 0 saturated carbocycles. The van der Waals surface area contributed by atoms with Gasteiger partial charge in [0.25, 0.3) is 0 Å². The van der Waals surface area contributed by atoms with E-state index in [-0.39, 0.29) is 6.54 Å². The summed E-state index contributed by atoms with van der Waals surface area (Å²) < 4.78 is 26.6. The van der Waals surface area contributed by atoms with E-state index < -0.39 is 10.0 Å². The van der Waals surface area contributed by atoms with Gasteiger partial charge in [0.05, 0.1) is 4.90 Å². The van der Waals surface area contributed by atoms with Crippen molar-refractivity contribution < 1.29 is 8.42 Å². The van der Waals surface area contributed by atoms with Gasteiger partial charge in [0.1, 0.15) is 0 Å². The predicted octanol–water partition coefficient (Wildman–Crippen LogP) is 1.17. The molecular formula is C13H23N3O2S2. The molecule has 0 unspecified atom stereocenters. The Hall–Kier alpha value is -0.470. The Bertz CT molecular complexity index is 534. The number of thiophene rings is 1. The average Bonchev–Trinajstić information content (AvgIpc) is 2.90. The van der Waals surface area contributed by atoms with Crippen LogP contribution in [-0.4, -0.2) is 51.4 Å².